The summed E-state index contributed by atoms with van der Waals surface area (Å²) in [5, 5.41) is 0. The minimum Gasteiger partial charge on any atom is -0.459 e. The highest BCUT2D eigenvalue weighted by molar-refractivity contribution is 7.91. The number of esters is 1. The maximum absolute atomic E-state index is 11.8. The lowest BCUT2D eigenvalue weighted by Gasteiger charge is -2.21. The van der Waals surface area contributed by atoms with E-state index in [-0.39, 0.29) is 24.0 Å². The van der Waals surface area contributed by atoms with Crippen LogP contribution in [0.5, 0.6) is 0 Å². The summed E-state index contributed by atoms with van der Waals surface area (Å²) in [6.45, 7) is -0.276. The van der Waals surface area contributed by atoms with Crippen molar-refractivity contribution in [3.8, 4) is 0 Å². The minimum atomic E-state index is -4.95. The highest BCUT2D eigenvalue weighted by Gasteiger charge is 2.40. The fourth-order valence-electron chi connectivity index (χ4n) is 1.85. The Hall–Kier alpha value is -0.790. The van der Waals surface area contributed by atoms with Crippen LogP contribution >= 0.6 is 0 Å². The van der Waals surface area contributed by atoms with E-state index in [1.807, 2.05) is 0 Å². The molecular weight excluding hydrogens is 273 g/mol. The van der Waals surface area contributed by atoms with Gasteiger partial charge in [-0.15, -0.1) is 0 Å². The van der Waals surface area contributed by atoms with Crippen LogP contribution in [0.1, 0.15) is 25.7 Å². The van der Waals surface area contributed by atoms with Gasteiger partial charge in [-0.05, 0) is 31.6 Å². The number of carbonyl (C=O) groups excluding carboxylic acids is 1. The molecule has 1 rings (SSSR count). The van der Waals surface area contributed by atoms with Crippen LogP contribution in [0, 0.1) is 5.92 Å². The summed E-state index contributed by atoms with van der Waals surface area (Å²) < 4.78 is 61.6. The zero-order valence-corrected chi connectivity index (χ0v) is 10.5. The number of hydrogen-bond donors (Lipinski definition) is 0. The molecular formula is C10H15F3O4S. The molecule has 0 radical (unpaired) electrons. The summed E-state index contributed by atoms with van der Waals surface area (Å²) in [6, 6.07) is 0. The van der Waals surface area contributed by atoms with Crippen molar-refractivity contribution in [3.63, 3.8) is 0 Å². The first-order valence-electron chi connectivity index (χ1n) is 5.65. The normalized spacial score (nSPS) is 20.6. The van der Waals surface area contributed by atoms with Gasteiger partial charge in [0, 0.05) is 0 Å². The third kappa shape index (κ3) is 5.24. The molecule has 0 unspecified atom stereocenters. The van der Waals surface area contributed by atoms with Gasteiger partial charge in [-0.2, -0.15) is 13.2 Å². The Morgan fingerprint density at radius 3 is 2.28 bits per heavy atom. The zero-order valence-electron chi connectivity index (χ0n) is 9.70. The van der Waals surface area contributed by atoms with Crippen molar-refractivity contribution in [1.82, 2.24) is 0 Å². The Kier molecular flexibility index (Phi) is 5.01. The second kappa shape index (κ2) is 5.90. The molecule has 1 aliphatic heterocycles. The van der Waals surface area contributed by atoms with Crippen LogP contribution in [0.15, 0.2) is 0 Å². The Labute approximate surface area is 103 Å². The Morgan fingerprint density at radius 1 is 1.22 bits per heavy atom. The number of alkyl halides is 3. The van der Waals surface area contributed by atoms with Gasteiger partial charge in [0.05, 0.1) is 18.1 Å². The lowest BCUT2D eigenvalue weighted by Crippen LogP contribution is -2.26. The van der Waals surface area contributed by atoms with E-state index in [1.54, 1.807) is 0 Å². The van der Waals surface area contributed by atoms with E-state index >= 15 is 0 Å². The van der Waals surface area contributed by atoms with E-state index < -0.39 is 22.0 Å². The molecule has 4 nitrogen and oxygen atoms in total. The van der Waals surface area contributed by atoms with Gasteiger partial charge in [-0.1, -0.05) is 0 Å². The highest BCUT2D eigenvalue weighted by atomic mass is 32.2. The quantitative estimate of drug-likeness (QED) is 0.583. The Bertz CT molecular complexity index is 374. The van der Waals surface area contributed by atoms with E-state index in [0.717, 1.165) is 0 Å². The van der Waals surface area contributed by atoms with E-state index in [0.29, 0.717) is 25.7 Å². The number of ether oxygens (including phenoxy) is 1. The molecule has 1 saturated heterocycles. The first-order chi connectivity index (χ1) is 8.21. The smallest absolute Gasteiger partial charge is 0.459 e. The van der Waals surface area contributed by atoms with Crippen LogP contribution in [0.2, 0.25) is 0 Å². The fraction of sp³-hybridized carbons (Fsp3) is 0.900. The van der Waals surface area contributed by atoms with Crippen molar-refractivity contribution in [2.24, 2.45) is 5.92 Å². The molecule has 0 N–H and O–H groups in total. The summed E-state index contributed by atoms with van der Waals surface area (Å²) in [6.07, 6.45) is -2.96. The standard InChI is InChI=1S/C10H15F3O4S/c11-10(12,13)9(14)17-5-1-2-8-3-6-18(15,16)7-4-8/h8H,1-7H2. The molecule has 0 atom stereocenters. The van der Waals surface area contributed by atoms with Gasteiger partial charge in [-0.25, -0.2) is 13.2 Å². The van der Waals surface area contributed by atoms with Gasteiger partial charge in [0.15, 0.2) is 0 Å². The van der Waals surface area contributed by atoms with E-state index in [1.165, 1.54) is 0 Å². The summed E-state index contributed by atoms with van der Waals surface area (Å²) >= 11 is 0. The highest BCUT2D eigenvalue weighted by Crippen LogP contribution is 2.23. The SMILES string of the molecule is O=C(OCCCC1CCS(=O)(=O)CC1)C(F)(F)F. The molecule has 8 heteroatoms. The molecule has 1 aliphatic rings. The van der Waals surface area contributed by atoms with Crippen molar-refractivity contribution < 1.29 is 31.1 Å². The third-order valence-electron chi connectivity index (χ3n) is 2.90. The van der Waals surface area contributed by atoms with Gasteiger partial charge >= 0.3 is 12.1 Å². The van der Waals surface area contributed by atoms with Crippen LogP contribution in [-0.4, -0.2) is 38.7 Å². The largest absolute Gasteiger partial charge is 0.490 e. The second-order valence-electron chi connectivity index (χ2n) is 4.37. The minimum absolute atomic E-state index is 0.139. The number of halogens is 3. The van der Waals surface area contributed by atoms with Crippen LogP contribution in [0.4, 0.5) is 13.2 Å². The molecule has 106 valence electrons. The van der Waals surface area contributed by atoms with Gasteiger partial charge < -0.3 is 4.74 Å². The van der Waals surface area contributed by atoms with Crippen LogP contribution in [0.3, 0.4) is 0 Å². The van der Waals surface area contributed by atoms with Crippen molar-refractivity contribution in [2.45, 2.75) is 31.9 Å². The number of carbonyl (C=O) groups is 1. The van der Waals surface area contributed by atoms with Gasteiger partial charge in [-0.3, -0.25) is 0 Å². The molecule has 0 aliphatic carbocycles. The number of rotatable bonds is 4. The van der Waals surface area contributed by atoms with Crippen molar-refractivity contribution in [2.75, 3.05) is 18.1 Å². The van der Waals surface area contributed by atoms with Crippen LogP contribution < -0.4 is 0 Å². The maximum Gasteiger partial charge on any atom is 0.490 e. The summed E-state index contributed by atoms with van der Waals surface area (Å²) in [4.78, 5) is 10.4. The predicted molar refractivity (Wildman–Crippen MR) is 57.6 cm³/mol. The molecule has 18 heavy (non-hydrogen) atoms. The second-order valence-corrected chi connectivity index (χ2v) is 6.67. The lowest BCUT2D eigenvalue weighted by atomic mass is 9.97. The molecule has 0 aromatic carbocycles. The first-order valence-corrected chi connectivity index (χ1v) is 7.47. The average molecular weight is 288 g/mol. The summed E-state index contributed by atoms with van der Waals surface area (Å²) in [5.41, 5.74) is 0. The van der Waals surface area contributed by atoms with E-state index in [2.05, 4.69) is 4.74 Å². The van der Waals surface area contributed by atoms with Crippen molar-refractivity contribution in [1.29, 1.82) is 0 Å². The number of hydrogen-bond acceptors (Lipinski definition) is 4. The molecule has 0 saturated carbocycles. The summed E-state index contributed by atoms with van der Waals surface area (Å²) in [7, 11) is -2.91. The molecule has 0 aromatic heterocycles. The van der Waals surface area contributed by atoms with Crippen molar-refractivity contribution in [3.05, 3.63) is 0 Å². The van der Waals surface area contributed by atoms with Gasteiger partial charge in [0.1, 0.15) is 9.84 Å². The average Bonchev–Trinajstić information content (AvgIpc) is 2.24. The van der Waals surface area contributed by atoms with Gasteiger partial charge in [0.2, 0.25) is 0 Å². The lowest BCUT2D eigenvalue weighted by molar-refractivity contribution is -0.199. The molecule has 0 bridgehead atoms. The molecule has 0 spiro atoms. The summed E-state index contributed by atoms with van der Waals surface area (Å²) in [5.74, 6) is -1.70. The zero-order chi connectivity index (χ0) is 13.8. The van der Waals surface area contributed by atoms with Crippen molar-refractivity contribution >= 4 is 15.8 Å². The first kappa shape index (κ1) is 15.3. The fourth-order valence-corrected chi connectivity index (χ4v) is 3.44. The van der Waals surface area contributed by atoms with Gasteiger partial charge in [0.25, 0.3) is 0 Å². The number of sulfone groups is 1. The monoisotopic (exact) mass is 288 g/mol. The molecule has 0 aromatic rings. The third-order valence-corrected chi connectivity index (χ3v) is 4.61. The Balaban J connectivity index is 2.15. The molecule has 1 heterocycles. The van der Waals surface area contributed by atoms with E-state index in [4.69, 9.17) is 0 Å². The van der Waals surface area contributed by atoms with E-state index in [9.17, 15) is 26.4 Å². The molecule has 1 fully saturated rings. The predicted octanol–water partition coefficient (Wildman–Crippen LogP) is 1.70. The van der Waals surface area contributed by atoms with Crippen LogP contribution in [-0.2, 0) is 19.4 Å². The maximum atomic E-state index is 11.8. The Morgan fingerprint density at radius 2 is 1.78 bits per heavy atom. The van der Waals surface area contributed by atoms with Crippen LogP contribution in [0.25, 0.3) is 0 Å². The topological polar surface area (TPSA) is 60.4 Å². The molecule has 0 amide bonds.